The van der Waals surface area contributed by atoms with E-state index in [-0.39, 0.29) is 5.95 Å². The van der Waals surface area contributed by atoms with Crippen LogP contribution in [-0.4, -0.2) is 41.2 Å². The highest BCUT2D eigenvalue weighted by molar-refractivity contribution is 7.92. The largest absolute Gasteiger partial charge is 0.292 e. The second-order valence-electron chi connectivity index (χ2n) is 5.51. The number of carbonyl (C=O) groups is 1. The van der Waals surface area contributed by atoms with Gasteiger partial charge in [-0.1, -0.05) is 24.3 Å². The second kappa shape index (κ2) is 6.52. The highest BCUT2D eigenvalue weighted by Crippen LogP contribution is 2.21. The maximum Gasteiger partial charge on any atom is 0.250 e. The Morgan fingerprint density at radius 2 is 1.80 bits per heavy atom. The number of anilines is 2. The quantitative estimate of drug-likeness (QED) is 0.745. The zero-order valence-corrected chi connectivity index (χ0v) is 14.5. The number of nitrogens with zero attached hydrogens (tertiary/aromatic N) is 4. The van der Waals surface area contributed by atoms with E-state index < -0.39 is 22.0 Å². The average Bonchev–Trinajstić information content (AvgIpc) is 2.98. The molecule has 1 N–H and O–H groups in total. The van der Waals surface area contributed by atoms with Gasteiger partial charge in [-0.05, 0) is 31.2 Å². The van der Waals surface area contributed by atoms with Gasteiger partial charge in [0.05, 0.1) is 11.9 Å². The van der Waals surface area contributed by atoms with Crippen LogP contribution in [0.25, 0.3) is 5.65 Å². The Morgan fingerprint density at radius 3 is 2.48 bits per heavy atom. The minimum atomic E-state index is -3.65. The third-order valence-electron chi connectivity index (χ3n) is 3.65. The zero-order chi connectivity index (χ0) is 18.0. The molecule has 9 heteroatoms. The first kappa shape index (κ1) is 16.9. The number of pyridine rings is 1. The highest BCUT2D eigenvalue weighted by Gasteiger charge is 2.29. The third kappa shape index (κ3) is 3.45. The van der Waals surface area contributed by atoms with Crippen LogP contribution in [0, 0.1) is 0 Å². The number of hydrogen-bond acceptors (Lipinski definition) is 5. The van der Waals surface area contributed by atoms with Crippen molar-refractivity contribution in [3.63, 3.8) is 0 Å². The summed E-state index contributed by atoms with van der Waals surface area (Å²) in [6, 6.07) is 12.8. The molecule has 0 radical (unpaired) electrons. The van der Waals surface area contributed by atoms with Crippen molar-refractivity contribution < 1.29 is 13.2 Å². The van der Waals surface area contributed by atoms with Gasteiger partial charge < -0.3 is 0 Å². The van der Waals surface area contributed by atoms with Crippen LogP contribution in [0.5, 0.6) is 0 Å². The van der Waals surface area contributed by atoms with E-state index in [1.807, 2.05) is 0 Å². The summed E-state index contributed by atoms with van der Waals surface area (Å²) in [6.07, 6.45) is 2.78. The van der Waals surface area contributed by atoms with Crippen molar-refractivity contribution in [1.82, 2.24) is 14.6 Å². The lowest BCUT2D eigenvalue weighted by atomic mass is 10.2. The van der Waals surface area contributed by atoms with Gasteiger partial charge in [-0.2, -0.15) is 0 Å². The van der Waals surface area contributed by atoms with Gasteiger partial charge >= 0.3 is 0 Å². The Morgan fingerprint density at radius 1 is 1.12 bits per heavy atom. The van der Waals surface area contributed by atoms with Gasteiger partial charge in [0.15, 0.2) is 5.65 Å². The first-order chi connectivity index (χ1) is 11.9. The molecule has 1 unspecified atom stereocenters. The Bertz CT molecular complexity index is 1000. The van der Waals surface area contributed by atoms with E-state index in [0.29, 0.717) is 11.3 Å². The van der Waals surface area contributed by atoms with Gasteiger partial charge in [0.1, 0.15) is 6.04 Å². The Hall–Kier alpha value is -2.94. The molecule has 8 nitrogen and oxygen atoms in total. The number of benzene rings is 1. The van der Waals surface area contributed by atoms with Crippen LogP contribution in [0.15, 0.2) is 54.7 Å². The molecule has 130 valence electrons. The number of sulfonamides is 1. The van der Waals surface area contributed by atoms with Gasteiger partial charge in [-0.25, -0.2) is 8.42 Å². The lowest BCUT2D eigenvalue weighted by Crippen LogP contribution is -2.45. The number of fused-ring (bicyclic) bond motifs is 1. The SMILES string of the molecule is CC(C(=O)Nc1nnc2ccccn12)N(c1ccccc1)S(C)(=O)=O. The molecule has 0 fully saturated rings. The monoisotopic (exact) mass is 359 g/mol. The van der Waals surface area contributed by atoms with Crippen LogP contribution in [0.2, 0.25) is 0 Å². The topological polar surface area (TPSA) is 96.7 Å². The maximum atomic E-state index is 12.6. The Balaban J connectivity index is 1.89. The molecule has 25 heavy (non-hydrogen) atoms. The molecule has 0 saturated heterocycles. The van der Waals surface area contributed by atoms with Crippen molar-refractivity contribution in [2.45, 2.75) is 13.0 Å². The molecular weight excluding hydrogens is 342 g/mol. The van der Waals surface area contributed by atoms with E-state index in [1.165, 1.54) is 6.92 Å². The average molecular weight is 359 g/mol. The minimum absolute atomic E-state index is 0.231. The normalized spacial score (nSPS) is 12.7. The molecular formula is C16H17N5O3S. The third-order valence-corrected chi connectivity index (χ3v) is 4.89. The standard InChI is InChI=1S/C16H17N5O3S/c1-12(21(25(2,23)24)13-8-4-3-5-9-13)15(22)17-16-19-18-14-10-6-7-11-20(14)16/h3-12H,1-2H3,(H,17,19,22). The summed E-state index contributed by atoms with van der Waals surface area (Å²) < 4.78 is 27.1. The molecule has 3 aromatic rings. The van der Waals surface area contributed by atoms with Gasteiger partial charge in [0.25, 0.3) is 0 Å². The number of aromatic nitrogens is 3. The number of rotatable bonds is 5. The summed E-state index contributed by atoms with van der Waals surface area (Å²) in [5, 5.41) is 10.5. The lowest BCUT2D eigenvalue weighted by Gasteiger charge is -2.27. The first-order valence-electron chi connectivity index (χ1n) is 7.53. The molecule has 0 aliphatic heterocycles. The Kier molecular flexibility index (Phi) is 4.41. The predicted molar refractivity (Wildman–Crippen MR) is 94.8 cm³/mol. The first-order valence-corrected chi connectivity index (χ1v) is 9.38. The molecule has 1 aromatic carbocycles. The van der Waals surface area contributed by atoms with Crippen LogP contribution < -0.4 is 9.62 Å². The van der Waals surface area contributed by atoms with E-state index in [1.54, 1.807) is 59.1 Å². The van der Waals surface area contributed by atoms with Crippen molar-refractivity contribution in [2.75, 3.05) is 15.9 Å². The molecule has 3 rings (SSSR count). The summed E-state index contributed by atoms with van der Waals surface area (Å²) in [5.41, 5.74) is 0.993. The fourth-order valence-electron chi connectivity index (χ4n) is 2.53. The van der Waals surface area contributed by atoms with E-state index >= 15 is 0 Å². The van der Waals surface area contributed by atoms with Crippen LogP contribution in [0.3, 0.4) is 0 Å². The van der Waals surface area contributed by atoms with Crippen molar-refractivity contribution >= 4 is 33.2 Å². The summed E-state index contributed by atoms with van der Waals surface area (Å²) >= 11 is 0. The maximum absolute atomic E-state index is 12.6. The van der Waals surface area contributed by atoms with Gasteiger partial charge in [0, 0.05) is 6.20 Å². The van der Waals surface area contributed by atoms with Gasteiger partial charge in [-0.15, -0.1) is 10.2 Å². The van der Waals surface area contributed by atoms with Crippen molar-refractivity contribution in [3.8, 4) is 0 Å². The van der Waals surface area contributed by atoms with Crippen molar-refractivity contribution in [3.05, 3.63) is 54.7 Å². The van der Waals surface area contributed by atoms with Crippen LogP contribution in [0.4, 0.5) is 11.6 Å². The van der Waals surface area contributed by atoms with Gasteiger partial charge in [0.2, 0.25) is 21.9 Å². The van der Waals surface area contributed by atoms with Crippen molar-refractivity contribution in [2.24, 2.45) is 0 Å². The van der Waals surface area contributed by atoms with E-state index in [9.17, 15) is 13.2 Å². The molecule has 0 aliphatic rings. The van der Waals surface area contributed by atoms with E-state index in [2.05, 4.69) is 15.5 Å². The lowest BCUT2D eigenvalue weighted by molar-refractivity contribution is -0.116. The number of amides is 1. The predicted octanol–water partition coefficient (Wildman–Crippen LogP) is 1.52. The highest BCUT2D eigenvalue weighted by atomic mass is 32.2. The van der Waals surface area contributed by atoms with Crippen molar-refractivity contribution in [1.29, 1.82) is 0 Å². The summed E-state index contributed by atoms with van der Waals surface area (Å²) in [4.78, 5) is 12.6. The number of para-hydroxylation sites is 1. The summed E-state index contributed by atoms with van der Waals surface area (Å²) in [5.74, 6) is -0.276. The molecule has 1 amide bonds. The summed E-state index contributed by atoms with van der Waals surface area (Å²) in [7, 11) is -3.65. The minimum Gasteiger partial charge on any atom is -0.292 e. The molecule has 1 atom stereocenters. The molecule has 0 saturated carbocycles. The number of nitrogens with one attached hydrogen (secondary N) is 1. The molecule has 2 aromatic heterocycles. The molecule has 2 heterocycles. The summed E-state index contributed by atoms with van der Waals surface area (Å²) in [6.45, 7) is 1.52. The Labute approximate surface area is 145 Å². The van der Waals surface area contributed by atoms with Gasteiger partial charge in [-0.3, -0.25) is 18.8 Å². The fourth-order valence-corrected chi connectivity index (χ4v) is 3.70. The second-order valence-corrected chi connectivity index (χ2v) is 7.37. The van der Waals surface area contributed by atoms with E-state index in [0.717, 1.165) is 10.6 Å². The van der Waals surface area contributed by atoms with Crippen LogP contribution in [-0.2, 0) is 14.8 Å². The molecule has 0 spiro atoms. The molecule has 0 bridgehead atoms. The smallest absolute Gasteiger partial charge is 0.250 e. The number of hydrogen-bond donors (Lipinski definition) is 1. The van der Waals surface area contributed by atoms with E-state index in [4.69, 9.17) is 0 Å². The molecule has 0 aliphatic carbocycles. The van der Waals surface area contributed by atoms with Crippen LogP contribution >= 0.6 is 0 Å². The van der Waals surface area contributed by atoms with Crippen LogP contribution in [0.1, 0.15) is 6.92 Å². The zero-order valence-electron chi connectivity index (χ0n) is 13.7. The number of carbonyl (C=O) groups excluding carboxylic acids is 1. The fraction of sp³-hybridized carbons (Fsp3) is 0.188.